The molecular formula is C12H18N2O2. The van der Waals surface area contributed by atoms with Gasteiger partial charge in [0.25, 0.3) is 0 Å². The summed E-state index contributed by atoms with van der Waals surface area (Å²) < 4.78 is 2.03. The largest absolute Gasteiger partial charge is 0.481 e. The van der Waals surface area contributed by atoms with Crippen LogP contribution in [0.3, 0.4) is 0 Å². The van der Waals surface area contributed by atoms with Gasteiger partial charge in [-0.3, -0.25) is 9.48 Å². The Kier molecular flexibility index (Phi) is 2.99. The minimum absolute atomic E-state index is 0.277. The fourth-order valence-electron chi connectivity index (χ4n) is 2.46. The van der Waals surface area contributed by atoms with Crippen LogP contribution in [0.5, 0.6) is 0 Å². The molecule has 88 valence electrons. The predicted molar refractivity (Wildman–Crippen MR) is 60.4 cm³/mol. The van der Waals surface area contributed by atoms with Gasteiger partial charge in [-0.15, -0.1) is 0 Å². The van der Waals surface area contributed by atoms with Crippen LogP contribution in [-0.2, 0) is 17.6 Å². The highest BCUT2D eigenvalue weighted by Gasteiger charge is 2.24. The molecule has 0 radical (unpaired) electrons. The molecule has 0 aliphatic heterocycles. The van der Waals surface area contributed by atoms with E-state index in [1.807, 2.05) is 10.9 Å². The van der Waals surface area contributed by atoms with Crippen LogP contribution in [-0.4, -0.2) is 20.9 Å². The first-order chi connectivity index (χ1) is 7.58. The molecule has 0 saturated carbocycles. The van der Waals surface area contributed by atoms with E-state index in [2.05, 4.69) is 18.9 Å². The number of aryl methyl sites for hydroxylation is 1. The summed E-state index contributed by atoms with van der Waals surface area (Å²) in [4.78, 5) is 10.7. The number of nitrogens with zero attached hydrogens (tertiary/aromatic N) is 2. The molecule has 1 unspecified atom stereocenters. The van der Waals surface area contributed by atoms with Crippen LogP contribution in [0.15, 0.2) is 6.20 Å². The fraction of sp³-hybridized carbons (Fsp3) is 0.667. The summed E-state index contributed by atoms with van der Waals surface area (Å²) in [5.41, 5.74) is 2.54. The molecule has 1 atom stereocenters. The second-order valence-corrected chi connectivity index (χ2v) is 4.86. The first-order valence-electron chi connectivity index (χ1n) is 5.85. The van der Waals surface area contributed by atoms with Gasteiger partial charge in [-0.25, -0.2) is 0 Å². The van der Waals surface area contributed by atoms with E-state index >= 15 is 0 Å². The topological polar surface area (TPSA) is 55.1 Å². The third-order valence-corrected chi connectivity index (χ3v) is 3.24. The Morgan fingerprint density at radius 1 is 1.69 bits per heavy atom. The number of carboxylic acid groups (broad SMARTS) is 1. The Bertz CT molecular complexity index is 396. The second kappa shape index (κ2) is 4.28. The highest BCUT2D eigenvalue weighted by Crippen LogP contribution is 2.28. The molecule has 1 aliphatic rings. The third kappa shape index (κ3) is 2.10. The van der Waals surface area contributed by atoms with Gasteiger partial charge in [-0.2, -0.15) is 5.10 Å². The summed E-state index contributed by atoms with van der Waals surface area (Å²) in [6, 6.07) is 0.354. The van der Waals surface area contributed by atoms with Crippen LogP contribution in [0.4, 0.5) is 0 Å². The summed E-state index contributed by atoms with van der Waals surface area (Å²) in [5.74, 6) is -0.414. The Balaban J connectivity index is 2.17. The van der Waals surface area contributed by atoms with E-state index in [0.29, 0.717) is 6.04 Å². The zero-order valence-corrected chi connectivity index (χ0v) is 9.81. The number of fused-ring (bicyclic) bond motifs is 1. The highest BCUT2D eigenvalue weighted by atomic mass is 16.4. The number of aliphatic carboxylic acids is 1. The number of carboxylic acids is 1. The van der Waals surface area contributed by atoms with Gasteiger partial charge < -0.3 is 5.11 Å². The first kappa shape index (κ1) is 11.2. The number of aromatic nitrogens is 2. The molecule has 1 aliphatic carbocycles. The number of hydrogen-bond donors (Lipinski definition) is 1. The average molecular weight is 222 g/mol. The van der Waals surface area contributed by atoms with Crippen molar-refractivity contribution in [2.24, 2.45) is 5.92 Å². The molecular weight excluding hydrogens is 204 g/mol. The molecule has 4 nitrogen and oxygen atoms in total. The van der Waals surface area contributed by atoms with E-state index in [1.165, 1.54) is 11.3 Å². The molecule has 0 spiro atoms. The maximum atomic E-state index is 10.7. The quantitative estimate of drug-likeness (QED) is 0.851. The van der Waals surface area contributed by atoms with Gasteiger partial charge in [-0.05, 0) is 44.6 Å². The molecule has 0 fully saturated rings. The minimum Gasteiger partial charge on any atom is -0.481 e. The standard InChI is InChI=1S/C12H18N2O2/c1-8(2)14-11-5-9(6-12(15)16)3-4-10(11)7-13-14/h7-9H,3-6H2,1-2H3,(H,15,16). The van der Waals surface area contributed by atoms with Gasteiger partial charge in [0, 0.05) is 18.2 Å². The van der Waals surface area contributed by atoms with E-state index in [9.17, 15) is 4.79 Å². The molecule has 0 saturated heterocycles. The lowest BCUT2D eigenvalue weighted by Gasteiger charge is -2.23. The van der Waals surface area contributed by atoms with Gasteiger partial charge >= 0.3 is 5.97 Å². The van der Waals surface area contributed by atoms with Gasteiger partial charge in [0.15, 0.2) is 0 Å². The van der Waals surface area contributed by atoms with Crippen molar-refractivity contribution in [2.45, 2.75) is 45.6 Å². The van der Waals surface area contributed by atoms with Crippen LogP contribution in [0.1, 0.15) is 44.0 Å². The van der Waals surface area contributed by atoms with Gasteiger partial charge in [0.2, 0.25) is 0 Å². The van der Waals surface area contributed by atoms with Crippen molar-refractivity contribution in [3.8, 4) is 0 Å². The smallest absolute Gasteiger partial charge is 0.303 e. The van der Waals surface area contributed by atoms with Gasteiger partial charge in [0.1, 0.15) is 0 Å². The summed E-state index contributed by atoms with van der Waals surface area (Å²) in [7, 11) is 0. The minimum atomic E-state index is -0.691. The van der Waals surface area contributed by atoms with Gasteiger partial charge in [0.05, 0.1) is 6.20 Å². The number of carbonyl (C=O) groups is 1. The molecule has 1 heterocycles. The summed E-state index contributed by atoms with van der Waals surface area (Å²) in [6.45, 7) is 4.21. The van der Waals surface area contributed by atoms with E-state index in [0.717, 1.165) is 19.3 Å². The molecule has 0 aromatic carbocycles. The highest BCUT2D eigenvalue weighted by molar-refractivity contribution is 5.67. The molecule has 1 N–H and O–H groups in total. The normalized spacial score (nSPS) is 19.8. The van der Waals surface area contributed by atoms with Crippen molar-refractivity contribution in [3.05, 3.63) is 17.5 Å². The number of rotatable bonds is 3. The summed E-state index contributed by atoms with van der Waals surface area (Å²) in [5, 5.41) is 13.2. The SMILES string of the molecule is CC(C)n1ncc2c1CC(CC(=O)O)CC2. The third-order valence-electron chi connectivity index (χ3n) is 3.24. The van der Waals surface area contributed by atoms with Crippen molar-refractivity contribution >= 4 is 5.97 Å². The zero-order chi connectivity index (χ0) is 11.7. The Hall–Kier alpha value is -1.32. The van der Waals surface area contributed by atoms with E-state index in [1.54, 1.807) is 0 Å². The van der Waals surface area contributed by atoms with E-state index < -0.39 is 5.97 Å². The van der Waals surface area contributed by atoms with Crippen LogP contribution >= 0.6 is 0 Å². The Morgan fingerprint density at radius 3 is 3.06 bits per heavy atom. The summed E-state index contributed by atoms with van der Waals surface area (Å²) in [6.07, 6.45) is 5.03. The lowest BCUT2D eigenvalue weighted by Crippen LogP contribution is -2.20. The maximum Gasteiger partial charge on any atom is 0.303 e. The predicted octanol–water partition coefficient (Wildman–Crippen LogP) is 2.04. The van der Waals surface area contributed by atoms with E-state index in [-0.39, 0.29) is 12.3 Å². The van der Waals surface area contributed by atoms with Crippen molar-refractivity contribution < 1.29 is 9.90 Å². The van der Waals surface area contributed by atoms with Crippen LogP contribution < -0.4 is 0 Å². The Morgan fingerprint density at radius 2 is 2.44 bits per heavy atom. The second-order valence-electron chi connectivity index (χ2n) is 4.86. The van der Waals surface area contributed by atoms with Crippen LogP contribution in [0.2, 0.25) is 0 Å². The fourth-order valence-corrected chi connectivity index (χ4v) is 2.46. The monoisotopic (exact) mass is 222 g/mol. The molecule has 4 heteroatoms. The molecule has 0 amide bonds. The van der Waals surface area contributed by atoms with Crippen LogP contribution in [0, 0.1) is 5.92 Å². The van der Waals surface area contributed by atoms with Gasteiger partial charge in [-0.1, -0.05) is 0 Å². The lowest BCUT2D eigenvalue weighted by molar-refractivity contribution is -0.138. The molecule has 0 bridgehead atoms. The average Bonchev–Trinajstić information content (AvgIpc) is 2.59. The van der Waals surface area contributed by atoms with Crippen molar-refractivity contribution in [3.63, 3.8) is 0 Å². The zero-order valence-electron chi connectivity index (χ0n) is 9.81. The molecule has 1 aromatic heterocycles. The van der Waals surface area contributed by atoms with Crippen molar-refractivity contribution in [2.75, 3.05) is 0 Å². The molecule has 1 aromatic rings. The first-order valence-corrected chi connectivity index (χ1v) is 5.85. The molecule has 2 rings (SSSR count). The maximum absolute atomic E-state index is 10.7. The lowest BCUT2D eigenvalue weighted by atomic mass is 9.86. The van der Waals surface area contributed by atoms with Crippen molar-refractivity contribution in [1.82, 2.24) is 9.78 Å². The van der Waals surface area contributed by atoms with Crippen LogP contribution in [0.25, 0.3) is 0 Å². The molecule has 16 heavy (non-hydrogen) atoms. The van der Waals surface area contributed by atoms with E-state index in [4.69, 9.17) is 5.11 Å². The number of hydrogen-bond acceptors (Lipinski definition) is 2. The van der Waals surface area contributed by atoms with Crippen molar-refractivity contribution in [1.29, 1.82) is 0 Å². The summed E-state index contributed by atoms with van der Waals surface area (Å²) >= 11 is 0. The Labute approximate surface area is 95.3 Å².